The molecule has 0 amide bonds. The van der Waals surface area contributed by atoms with Crippen molar-refractivity contribution in [2.75, 3.05) is 0 Å². The molecule has 1 aromatic carbocycles. The topological polar surface area (TPSA) is 0 Å². The van der Waals surface area contributed by atoms with Crippen molar-refractivity contribution in [3.8, 4) is 0 Å². The van der Waals surface area contributed by atoms with Gasteiger partial charge in [-0.25, -0.2) is 4.39 Å². The summed E-state index contributed by atoms with van der Waals surface area (Å²) < 4.78 is 13.7. The minimum atomic E-state index is -0.0445. The molecule has 0 nitrogen and oxygen atoms in total. The second-order valence-corrected chi connectivity index (χ2v) is 5.61. The van der Waals surface area contributed by atoms with Crippen LogP contribution in [-0.2, 0) is 0 Å². The molecule has 0 aliphatic heterocycles. The highest BCUT2D eigenvalue weighted by Crippen LogP contribution is 2.38. The van der Waals surface area contributed by atoms with Gasteiger partial charge in [0.1, 0.15) is 5.82 Å². The molecule has 1 aliphatic rings. The van der Waals surface area contributed by atoms with E-state index in [1.54, 1.807) is 6.07 Å². The first-order valence-corrected chi connectivity index (χ1v) is 6.50. The van der Waals surface area contributed by atoms with Crippen LogP contribution in [0, 0.1) is 12.7 Å². The van der Waals surface area contributed by atoms with Gasteiger partial charge in [0, 0.05) is 4.83 Å². The quantitative estimate of drug-likeness (QED) is 0.657. The summed E-state index contributed by atoms with van der Waals surface area (Å²) in [7, 11) is 0. The molecule has 0 radical (unpaired) electrons. The molecule has 2 unspecified atom stereocenters. The molecule has 0 spiro atoms. The van der Waals surface area contributed by atoms with E-state index in [4.69, 9.17) is 0 Å². The van der Waals surface area contributed by atoms with Crippen molar-refractivity contribution < 1.29 is 4.39 Å². The van der Waals surface area contributed by atoms with Crippen molar-refractivity contribution >= 4 is 15.9 Å². The van der Waals surface area contributed by atoms with E-state index in [0.29, 0.717) is 10.7 Å². The van der Waals surface area contributed by atoms with Crippen molar-refractivity contribution in [3.63, 3.8) is 0 Å². The first-order valence-electron chi connectivity index (χ1n) is 5.58. The van der Waals surface area contributed by atoms with E-state index >= 15 is 0 Å². The first-order chi connectivity index (χ1) is 7.18. The lowest BCUT2D eigenvalue weighted by Gasteiger charge is -2.28. The molecule has 1 aromatic rings. The highest BCUT2D eigenvalue weighted by atomic mass is 79.9. The SMILES string of the molecule is Cc1ccc(F)c(C2CCCCC2Br)c1. The van der Waals surface area contributed by atoms with E-state index < -0.39 is 0 Å². The smallest absolute Gasteiger partial charge is 0.126 e. The summed E-state index contributed by atoms with van der Waals surface area (Å²) in [6.45, 7) is 2.02. The van der Waals surface area contributed by atoms with Crippen LogP contribution in [0.4, 0.5) is 4.39 Å². The van der Waals surface area contributed by atoms with Crippen LogP contribution in [0.2, 0.25) is 0 Å². The molecule has 2 atom stereocenters. The molecule has 1 fully saturated rings. The van der Waals surface area contributed by atoms with E-state index in [9.17, 15) is 4.39 Å². The van der Waals surface area contributed by atoms with Gasteiger partial charge in [-0.1, -0.05) is 46.5 Å². The molecule has 15 heavy (non-hydrogen) atoms. The van der Waals surface area contributed by atoms with E-state index in [0.717, 1.165) is 24.0 Å². The van der Waals surface area contributed by atoms with E-state index in [1.807, 2.05) is 19.1 Å². The largest absolute Gasteiger partial charge is 0.207 e. The molecule has 82 valence electrons. The fourth-order valence-electron chi connectivity index (χ4n) is 2.38. The Kier molecular flexibility index (Phi) is 3.45. The maximum absolute atomic E-state index is 13.7. The third-order valence-corrected chi connectivity index (χ3v) is 4.33. The van der Waals surface area contributed by atoms with Gasteiger partial charge in [-0.2, -0.15) is 0 Å². The van der Waals surface area contributed by atoms with Gasteiger partial charge in [-0.3, -0.25) is 0 Å². The second kappa shape index (κ2) is 4.65. The Morgan fingerprint density at radius 2 is 2.00 bits per heavy atom. The molecule has 2 rings (SSSR count). The Bertz CT molecular complexity index is 348. The Labute approximate surface area is 99.0 Å². The summed E-state index contributed by atoms with van der Waals surface area (Å²) in [6.07, 6.45) is 4.76. The number of benzene rings is 1. The number of hydrogen-bond acceptors (Lipinski definition) is 0. The van der Waals surface area contributed by atoms with Crippen molar-refractivity contribution in [1.82, 2.24) is 0 Å². The van der Waals surface area contributed by atoms with Crippen molar-refractivity contribution in [2.45, 2.75) is 43.4 Å². The summed E-state index contributed by atoms with van der Waals surface area (Å²) in [5.41, 5.74) is 2.05. The number of hydrogen-bond donors (Lipinski definition) is 0. The van der Waals surface area contributed by atoms with Crippen LogP contribution < -0.4 is 0 Å². The third-order valence-electron chi connectivity index (χ3n) is 3.23. The van der Waals surface area contributed by atoms with Gasteiger partial charge in [-0.05, 0) is 37.3 Å². The lowest BCUT2D eigenvalue weighted by Crippen LogP contribution is -2.18. The molecule has 0 aromatic heterocycles. The van der Waals surface area contributed by atoms with Gasteiger partial charge in [0.2, 0.25) is 0 Å². The van der Waals surface area contributed by atoms with Gasteiger partial charge >= 0.3 is 0 Å². The first kappa shape index (κ1) is 11.1. The van der Waals surface area contributed by atoms with Crippen molar-refractivity contribution in [2.24, 2.45) is 0 Å². The van der Waals surface area contributed by atoms with Crippen LogP contribution in [0.3, 0.4) is 0 Å². The predicted molar refractivity (Wildman–Crippen MR) is 65.1 cm³/mol. The highest BCUT2D eigenvalue weighted by Gasteiger charge is 2.26. The summed E-state index contributed by atoms with van der Waals surface area (Å²) in [6, 6.07) is 5.43. The Morgan fingerprint density at radius 1 is 1.27 bits per heavy atom. The molecular weight excluding hydrogens is 255 g/mol. The molecule has 2 heteroatoms. The standard InChI is InChI=1S/C13H16BrF/c1-9-6-7-13(15)11(8-9)10-4-2-3-5-12(10)14/h6-8,10,12H,2-5H2,1H3. The van der Waals surface area contributed by atoms with E-state index in [-0.39, 0.29) is 5.82 Å². The average molecular weight is 271 g/mol. The minimum Gasteiger partial charge on any atom is -0.207 e. The van der Waals surface area contributed by atoms with Gasteiger partial charge in [-0.15, -0.1) is 0 Å². The monoisotopic (exact) mass is 270 g/mol. The zero-order chi connectivity index (χ0) is 10.8. The fourth-order valence-corrected chi connectivity index (χ4v) is 3.26. The number of rotatable bonds is 1. The maximum atomic E-state index is 13.7. The van der Waals surface area contributed by atoms with Crippen LogP contribution in [-0.4, -0.2) is 4.83 Å². The van der Waals surface area contributed by atoms with Crippen molar-refractivity contribution in [1.29, 1.82) is 0 Å². The zero-order valence-corrected chi connectivity index (χ0v) is 10.6. The molecule has 0 N–H and O–H groups in total. The lowest BCUT2D eigenvalue weighted by atomic mass is 9.83. The summed E-state index contributed by atoms with van der Waals surface area (Å²) in [5.74, 6) is 0.315. The molecule has 0 saturated heterocycles. The van der Waals surface area contributed by atoms with Crippen LogP contribution >= 0.6 is 15.9 Å². The average Bonchev–Trinajstić information content (AvgIpc) is 2.23. The van der Waals surface area contributed by atoms with Crippen molar-refractivity contribution in [3.05, 3.63) is 35.1 Å². The Balaban J connectivity index is 2.30. The van der Waals surface area contributed by atoms with Gasteiger partial charge in [0.05, 0.1) is 0 Å². The van der Waals surface area contributed by atoms with Gasteiger partial charge < -0.3 is 0 Å². The normalized spacial score (nSPS) is 26.6. The Morgan fingerprint density at radius 3 is 2.73 bits per heavy atom. The minimum absolute atomic E-state index is 0.0445. The lowest BCUT2D eigenvalue weighted by molar-refractivity contribution is 0.445. The van der Waals surface area contributed by atoms with Crippen LogP contribution in [0.15, 0.2) is 18.2 Å². The molecule has 1 saturated carbocycles. The third kappa shape index (κ3) is 2.41. The van der Waals surface area contributed by atoms with Gasteiger partial charge in [0.25, 0.3) is 0 Å². The molecular formula is C13H16BrF. The Hall–Kier alpha value is -0.370. The van der Waals surface area contributed by atoms with Crippen LogP contribution in [0.1, 0.15) is 42.7 Å². The number of halogens is 2. The number of aryl methyl sites for hydroxylation is 1. The van der Waals surface area contributed by atoms with E-state index in [1.165, 1.54) is 12.8 Å². The molecule has 0 bridgehead atoms. The van der Waals surface area contributed by atoms with Gasteiger partial charge in [0.15, 0.2) is 0 Å². The summed E-state index contributed by atoms with van der Waals surface area (Å²) in [4.78, 5) is 0.447. The fraction of sp³-hybridized carbons (Fsp3) is 0.538. The molecule has 1 aliphatic carbocycles. The maximum Gasteiger partial charge on any atom is 0.126 e. The van der Waals surface area contributed by atoms with Crippen LogP contribution in [0.5, 0.6) is 0 Å². The number of alkyl halides is 1. The predicted octanol–water partition coefficient (Wildman–Crippen LogP) is 4.56. The zero-order valence-electron chi connectivity index (χ0n) is 8.97. The molecule has 0 heterocycles. The summed E-state index contributed by atoms with van der Waals surface area (Å²) >= 11 is 3.68. The van der Waals surface area contributed by atoms with E-state index in [2.05, 4.69) is 15.9 Å². The highest BCUT2D eigenvalue weighted by molar-refractivity contribution is 9.09. The summed E-state index contributed by atoms with van der Waals surface area (Å²) in [5, 5.41) is 0. The van der Waals surface area contributed by atoms with Crippen LogP contribution in [0.25, 0.3) is 0 Å². The second-order valence-electron chi connectivity index (χ2n) is 4.43.